The number of anilines is 2. The van der Waals surface area contributed by atoms with Gasteiger partial charge >= 0.3 is 0 Å². The van der Waals surface area contributed by atoms with Crippen molar-refractivity contribution in [1.29, 1.82) is 0 Å². The molecule has 0 radical (unpaired) electrons. The van der Waals surface area contributed by atoms with Crippen LogP contribution in [0, 0.1) is 0 Å². The summed E-state index contributed by atoms with van der Waals surface area (Å²) >= 11 is 0. The Bertz CT molecular complexity index is 700. The highest BCUT2D eigenvalue weighted by atomic mass is 32.2. The lowest BCUT2D eigenvalue weighted by atomic mass is 10.2. The summed E-state index contributed by atoms with van der Waals surface area (Å²) in [5.41, 5.74) is 0. The minimum Gasteiger partial charge on any atom is -0.351 e. The molecule has 0 spiro atoms. The Morgan fingerprint density at radius 1 is 1.38 bits per heavy atom. The number of rotatable bonds is 5. The van der Waals surface area contributed by atoms with E-state index in [0.717, 1.165) is 6.26 Å². The molecule has 1 fully saturated rings. The Morgan fingerprint density at radius 2 is 2.10 bits per heavy atom. The second kappa shape index (κ2) is 5.76. The number of nitrogens with zero attached hydrogens (tertiary/aromatic N) is 3. The van der Waals surface area contributed by atoms with Crippen molar-refractivity contribution < 1.29 is 16.8 Å². The maximum atomic E-state index is 11.6. The first-order chi connectivity index (χ1) is 9.70. The van der Waals surface area contributed by atoms with Gasteiger partial charge in [0.15, 0.2) is 21.5 Å². The smallest absolute Gasteiger partial charge is 0.231 e. The van der Waals surface area contributed by atoms with Crippen molar-refractivity contribution in [3.05, 3.63) is 12.1 Å². The largest absolute Gasteiger partial charge is 0.351 e. The van der Waals surface area contributed by atoms with Crippen LogP contribution in [0.1, 0.15) is 13.3 Å². The molecule has 0 saturated carbocycles. The average molecular weight is 334 g/mol. The highest BCUT2D eigenvalue weighted by Gasteiger charge is 2.32. The normalized spacial score (nSPS) is 21.1. The zero-order chi connectivity index (χ0) is 15.7. The number of hydrogen-bond donors (Lipinski definition) is 1. The van der Waals surface area contributed by atoms with Crippen LogP contribution < -0.4 is 9.62 Å². The molecule has 0 bridgehead atoms. The second-order valence-electron chi connectivity index (χ2n) is 4.99. The van der Waals surface area contributed by atoms with E-state index < -0.39 is 19.9 Å². The third-order valence-electron chi connectivity index (χ3n) is 3.22. The standard InChI is InChI=1S/C11H18N4O4S2/c1-3-15(9-6-7-21(18,19)8-9)11-5-4-10(12-13-11)14-20(2,16)17/h4-5,9H,3,6-8H2,1-2H3,(H,12,14). The van der Waals surface area contributed by atoms with Gasteiger partial charge in [0, 0.05) is 12.6 Å². The topological polar surface area (TPSA) is 109 Å². The molecule has 8 nitrogen and oxygen atoms in total. The van der Waals surface area contributed by atoms with Gasteiger partial charge in [0.05, 0.1) is 17.8 Å². The zero-order valence-electron chi connectivity index (χ0n) is 11.9. The fraction of sp³-hybridized carbons (Fsp3) is 0.636. The summed E-state index contributed by atoms with van der Waals surface area (Å²) < 4.78 is 47.6. The fourth-order valence-electron chi connectivity index (χ4n) is 2.35. The maximum Gasteiger partial charge on any atom is 0.231 e. The zero-order valence-corrected chi connectivity index (χ0v) is 13.5. The predicted molar refractivity (Wildman–Crippen MR) is 80.6 cm³/mol. The molecule has 118 valence electrons. The van der Waals surface area contributed by atoms with Gasteiger partial charge in [-0.2, -0.15) is 0 Å². The van der Waals surface area contributed by atoms with Crippen LogP contribution >= 0.6 is 0 Å². The van der Waals surface area contributed by atoms with E-state index in [1.54, 1.807) is 6.07 Å². The van der Waals surface area contributed by atoms with Gasteiger partial charge in [0.25, 0.3) is 0 Å². The highest BCUT2D eigenvalue weighted by molar-refractivity contribution is 7.92. The Hall–Kier alpha value is -1.42. The summed E-state index contributed by atoms with van der Waals surface area (Å²) in [5, 5.41) is 7.79. The number of sulfone groups is 1. The van der Waals surface area contributed by atoms with Crippen molar-refractivity contribution >= 4 is 31.5 Å². The third-order valence-corrected chi connectivity index (χ3v) is 5.55. The molecule has 0 aromatic carbocycles. The van der Waals surface area contributed by atoms with Gasteiger partial charge in [0.1, 0.15) is 0 Å². The van der Waals surface area contributed by atoms with Gasteiger partial charge < -0.3 is 4.90 Å². The van der Waals surface area contributed by atoms with E-state index in [2.05, 4.69) is 14.9 Å². The maximum absolute atomic E-state index is 11.6. The molecule has 1 saturated heterocycles. The van der Waals surface area contributed by atoms with Crippen molar-refractivity contribution in [1.82, 2.24) is 10.2 Å². The molecule has 2 heterocycles. The molecule has 21 heavy (non-hydrogen) atoms. The second-order valence-corrected chi connectivity index (χ2v) is 8.97. The van der Waals surface area contributed by atoms with Crippen LogP contribution in [-0.2, 0) is 19.9 Å². The van der Waals surface area contributed by atoms with E-state index in [9.17, 15) is 16.8 Å². The van der Waals surface area contributed by atoms with Crippen molar-refractivity contribution in [2.24, 2.45) is 0 Å². The van der Waals surface area contributed by atoms with E-state index in [4.69, 9.17) is 0 Å². The lowest BCUT2D eigenvalue weighted by Gasteiger charge is -2.27. The van der Waals surface area contributed by atoms with Crippen LogP contribution in [0.25, 0.3) is 0 Å². The molecule has 1 atom stereocenters. The van der Waals surface area contributed by atoms with E-state index in [0.29, 0.717) is 18.8 Å². The average Bonchev–Trinajstić information content (AvgIpc) is 2.71. The van der Waals surface area contributed by atoms with Gasteiger partial charge in [-0.15, -0.1) is 10.2 Å². The van der Waals surface area contributed by atoms with Crippen LogP contribution in [0.3, 0.4) is 0 Å². The van der Waals surface area contributed by atoms with Gasteiger partial charge in [-0.25, -0.2) is 16.8 Å². The Labute approximate surface area is 124 Å². The van der Waals surface area contributed by atoms with Crippen LogP contribution in [0.2, 0.25) is 0 Å². The molecule has 0 amide bonds. The highest BCUT2D eigenvalue weighted by Crippen LogP contribution is 2.22. The molecular formula is C11H18N4O4S2. The van der Waals surface area contributed by atoms with Crippen molar-refractivity contribution in [2.45, 2.75) is 19.4 Å². The van der Waals surface area contributed by atoms with E-state index in [1.807, 2.05) is 11.8 Å². The molecule has 2 rings (SSSR count). The first-order valence-corrected chi connectivity index (χ1v) is 10.2. The van der Waals surface area contributed by atoms with Crippen LogP contribution in [-0.4, -0.2) is 57.4 Å². The van der Waals surface area contributed by atoms with Crippen molar-refractivity contribution in [3.63, 3.8) is 0 Å². The van der Waals surface area contributed by atoms with Crippen molar-refractivity contribution in [2.75, 3.05) is 33.9 Å². The third kappa shape index (κ3) is 4.27. The molecule has 1 aliphatic heterocycles. The summed E-state index contributed by atoms with van der Waals surface area (Å²) in [6, 6.07) is 3.03. The molecule has 0 aliphatic carbocycles. The van der Waals surface area contributed by atoms with Gasteiger partial charge in [-0.3, -0.25) is 4.72 Å². The molecule has 1 aromatic rings. The van der Waals surface area contributed by atoms with Crippen LogP contribution in [0.15, 0.2) is 12.1 Å². The molecule has 1 N–H and O–H groups in total. The van der Waals surface area contributed by atoms with E-state index in [-0.39, 0.29) is 23.4 Å². The Balaban J connectivity index is 2.16. The number of nitrogens with one attached hydrogen (secondary N) is 1. The first kappa shape index (κ1) is 16.0. The van der Waals surface area contributed by atoms with Crippen molar-refractivity contribution in [3.8, 4) is 0 Å². The summed E-state index contributed by atoms with van der Waals surface area (Å²) in [6.45, 7) is 2.52. The fourth-order valence-corrected chi connectivity index (χ4v) is 4.57. The Morgan fingerprint density at radius 3 is 2.52 bits per heavy atom. The van der Waals surface area contributed by atoms with Crippen LogP contribution in [0.5, 0.6) is 0 Å². The van der Waals surface area contributed by atoms with E-state index in [1.165, 1.54) is 6.07 Å². The number of hydrogen-bond acceptors (Lipinski definition) is 7. The summed E-state index contributed by atoms with van der Waals surface area (Å²) in [4.78, 5) is 1.88. The van der Waals surface area contributed by atoms with Gasteiger partial charge in [-0.05, 0) is 25.5 Å². The first-order valence-electron chi connectivity index (χ1n) is 6.49. The Kier molecular flexibility index (Phi) is 4.38. The monoisotopic (exact) mass is 334 g/mol. The number of sulfonamides is 1. The SMILES string of the molecule is CCN(c1ccc(NS(C)(=O)=O)nn1)C1CCS(=O)(=O)C1. The predicted octanol–water partition coefficient (Wildman–Crippen LogP) is -0.139. The lowest BCUT2D eigenvalue weighted by molar-refractivity contribution is 0.598. The van der Waals surface area contributed by atoms with Gasteiger partial charge in [-0.1, -0.05) is 0 Å². The quantitative estimate of drug-likeness (QED) is 0.798. The number of aromatic nitrogens is 2. The summed E-state index contributed by atoms with van der Waals surface area (Å²) in [6.07, 6.45) is 1.60. The van der Waals surface area contributed by atoms with Gasteiger partial charge in [0.2, 0.25) is 10.0 Å². The summed E-state index contributed by atoms with van der Waals surface area (Å²) in [5.74, 6) is 0.983. The molecule has 1 aliphatic rings. The van der Waals surface area contributed by atoms with Crippen LogP contribution in [0.4, 0.5) is 11.6 Å². The minimum atomic E-state index is -3.39. The van der Waals surface area contributed by atoms with E-state index >= 15 is 0 Å². The molecule has 10 heteroatoms. The lowest BCUT2D eigenvalue weighted by Crippen LogP contribution is -2.36. The molecule has 1 unspecified atom stereocenters. The molecule has 1 aromatic heterocycles. The minimum absolute atomic E-state index is 0.108. The summed E-state index contributed by atoms with van der Waals surface area (Å²) in [7, 11) is -6.36. The molecular weight excluding hydrogens is 316 g/mol.